The van der Waals surface area contributed by atoms with Crippen LogP contribution < -0.4 is 16.6 Å². The second-order valence-corrected chi connectivity index (χ2v) is 5.22. The summed E-state index contributed by atoms with van der Waals surface area (Å²) in [6.07, 6.45) is 4.83. The first kappa shape index (κ1) is 16.4. The van der Waals surface area contributed by atoms with Gasteiger partial charge in [-0.1, -0.05) is 13.8 Å². The van der Waals surface area contributed by atoms with Crippen LogP contribution >= 0.6 is 0 Å². The highest BCUT2D eigenvalue weighted by molar-refractivity contribution is 5.90. The van der Waals surface area contributed by atoms with Crippen LogP contribution in [0.25, 0.3) is 0 Å². The van der Waals surface area contributed by atoms with Crippen LogP contribution in [-0.2, 0) is 11.3 Å². The number of hydrogen-bond donors (Lipinski definition) is 2. The van der Waals surface area contributed by atoms with Crippen molar-refractivity contribution < 1.29 is 4.79 Å². The minimum atomic E-state index is -0.0404. The lowest BCUT2D eigenvalue weighted by Gasteiger charge is -2.11. The van der Waals surface area contributed by atoms with E-state index in [1.807, 2.05) is 6.92 Å². The van der Waals surface area contributed by atoms with Crippen LogP contribution in [0.3, 0.4) is 0 Å². The number of amides is 1. The van der Waals surface area contributed by atoms with E-state index in [2.05, 4.69) is 12.2 Å². The third-order valence-electron chi connectivity index (χ3n) is 3.26. The smallest absolute Gasteiger partial charge is 0.250 e. The standard InChI is InChI=1S/C15H25N3O2/c1-3-10-18-11-13(5-7-15(18)20)17-14(19)6-4-12(2)8-9-16/h5,7,11-12H,3-4,6,8-10,16H2,1-2H3,(H,17,19). The molecule has 1 heterocycles. The zero-order chi connectivity index (χ0) is 15.0. The average molecular weight is 279 g/mol. The Labute approximate surface area is 120 Å². The molecule has 5 nitrogen and oxygen atoms in total. The summed E-state index contributed by atoms with van der Waals surface area (Å²) < 4.78 is 1.62. The second-order valence-electron chi connectivity index (χ2n) is 5.22. The molecule has 0 aliphatic rings. The number of carbonyl (C=O) groups excluding carboxylic acids is 1. The minimum absolute atomic E-state index is 0.0180. The third-order valence-corrected chi connectivity index (χ3v) is 3.26. The van der Waals surface area contributed by atoms with Crippen molar-refractivity contribution in [3.63, 3.8) is 0 Å². The van der Waals surface area contributed by atoms with Gasteiger partial charge in [-0.3, -0.25) is 9.59 Å². The summed E-state index contributed by atoms with van der Waals surface area (Å²) >= 11 is 0. The van der Waals surface area contributed by atoms with Gasteiger partial charge in [-0.05, 0) is 37.8 Å². The lowest BCUT2D eigenvalue weighted by molar-refractivity contribution is -0.116. The van der Waals surface area contributed by atoms with Gasteiger partial charge in [0, 0.05) is 25.2 Å². The Morgan fingerprint density at radius 3 is 2.80 bits per heavy atom. The van der Waals surface area contributed by atoms with Crippen LogP contribution in [-0.4, -0.2) is 17.0 Å². The molecule has 0 fully saturated rings. The average Bonchev–Trinajstić information content (AvgIpc) is 2.41. The summed E-state index contributed by atoms with van der Waals surface area (Å²) in [5.41, 5.74) is 6.12. The zero-order valence-corrected chi connectivity index (χ0v) is 12.4. The number of pyridine rings is 1. The highest BCUT2D eigenvalue weighted by Crippen LogP contribution is 2.11. The number of nitrogens with one attached hydrogen (secondary N) is 1. The molecule has 1 atom stereocenters. The van der Waals surface area contributed by atoms with Crippen LogP contribution in [0.5, 0.6) is 0 Å². The lowest BCUT2D eigenvalue weighted by Crippen LogP contribution is -2.20. The first-order valence-corrected chi connectivity index (χ1v) is 7.27. The number of aromatic nitrogens is 1. The number of nitrogens with two attached hydrogens (primary N) is 1. The molecule has 0 saturated carbocycles. The largest absolute Gasteiger partial charge is 0.330 e. The first-order valence-electron chi connectivity index (χ1n) is 7.27. The molecule has 3 N–H and O–H groups in total. The van der Waals surface area contributed by atoms with E-state index >= 15 is 0 Å². The van der Waals surface area contributed by atoms with Gasteiger partial charge < -0.3 is 15.6 Å². The Kier molecular flexibility index (Phi) is 7.01. The number of aryl methyl sites for hydroxylation is 1. The molecule has 1 aromatic heterocycles. The number of rotatable bonds is 8. The highest BCUT2D eigenvalue weighted by atomic mass is 16.1. The van der Waals surface area contributed by atoms with E-state index in [4.69, 9.17) is 5.73 Å². The normalized spacial score (nSPS) is 12.2. The fourth-order valence-electron chi connectivity index (χ4n) is 2.05. The summed E-state index contributed by atoms with van der Waals surface area (Å²) in [5, 5.41) is 2.84. The van der Waals surface area contributed by atoms with E-state index in [9.17, 15) is 9.59 Å². The topological polar surface area (TPSA) is 77.1 Å². The Morgan fingerprint density at radius 2 is 2.15 bits per heavy atom. The molecule has 20 heavy (non-hydrogen) atoms. The van der Waals surface area contributed by atoms with Crippen LogP contribution in [0.2, 0.25) is 0 Å². The van der Waals surface area contributed by atoms with Gasteiger partial charge in [-0.15, -0.1) is 0 Å². The Bertz CT molecular complexity index is 482. The minimum Gasteiger partial charge on any atom is -0.330 e. The molecule has 0 bridgehead atoms. The number of nitrogens with zero attached hydrogens (tertiary/aromatic N) is 1. The van der Waals surface area contributed by atoms with Crippen LogP contribution in [0, 0.1) is 5.92 Å². The molecule has 1 unspecified atom stereocenters. The SMILES string of the molecule is CCCn1cc(NC(=O)CCC(C)CCN)ccc1=O. The first-order chi connectivity index (χ1) is 9.56. The quantitative estimate of drug-likeness (QED) is 0.763. The molecular weight excluding hydrogens is 254 g/mol. The highest BCUT2D eigenvalue weighted by Gasteiger charge is 2.07. The van der Waals surface area contributed by atoms with Crippen molar-refractivity contribution in [1.82, 2.24) is 4.57 Å². The van der Waals surface area contributed by atoms with E-state index in [0.717, 1.165) is 19.3 Å². The molecule has 0 radical (unpaired) electrons. The molecule has 1 amide bonds. The Balaban J connectivity index is 2.53. The van der Waals surface area contributed by atoms with E-state index in [-0.39, 0.29) is 11.5 Å². The maximum atomic E-state index is 11.8. The van der Waals surface area contributed by atoms with Crippen LogP contribution in [0.15, 0.2) is 23.1 Å². The molecule has 112 valence electrons. The molecule has 0 aliphatic heterocycles. The lowest BCUT2D eigenvalue weighted by atomic mass is 10.0. The number of carbonyl (C=O) groups is 1. The van der Waals surface area contributed by atoms with Gasteiger partial charge in [0.25, 0.3) is 5.56 Å². The second kappa shape index (κ2) is 8.53. The number of hydrogen-bond acceptors (Lipinski definition) is 3. The van der Waals surface area contributed by atoms with Gasteiger partial charge in [0.15, 0.2) is 0 Å². The summed E-state index contributed by atoms with van der Waals surface area (Å²) in [4.78, 5) is 23.4. The molecular formula is C15H25N3O2. The van der Waals surface area contributed by atoms with E-state index in [1.165, 1.54) is 6.07 Å². The molecule has 0 saturated heterocycles. The predicted octanol–water partition coefficient (Wildman–Crippen LogP) is 1.96. The van der Waals surface area contributed by atoms with Gasteiger partial charge in [-0.25, -0.2) is 0 Å². The van der Waals surface area contributed by atoms with Gasteiger partial charge >= 0.3 is 0 Å². The predicted molar refractivity (Wildman–Crippen MR) is 81.7 cm³/mol. The van der Waals surface area contributed by atoms with E-state index in [1.54, 1.807) is 16.8 Å². The Hall–Kier alpha value is -1.62. The molecule has 1 rings (SSSR count). The molecule has 0 aromatic carbocycles. The number of anilines is 1. The third kappa shape index (κ3) is 5.57. The maximum Gasteiger partial charge on any atom is 0.250 e. The van der Waals surface area contributed by atoms with Gasteiger partial charge in [0.05, 0.1) is 5.69 Å². The fourth-order valence-corrected chi connectivity index (χ4v) is 2.05. The van der Waals surface area contributed by atoms with Crippen LogP contribution in [0.4, 0.5) is 5.69 Å². The molecule has 5 heteroatoms. The fraction of sp³-hybridized carbons (Fsp3) is 0.600. The van der Waals surface area contributed by atoms with E-state index in [0.29, 0.717) is 31.1 Å². The van der Waals surface area contributed by atoms with Crippen molar-refractivity contribution >= 4 is 11.6 Å². The zero-order valence-electron chi connectivity index (χ0n) is 12.4. The molecule has 1 aromatic rings. The van der Waals surface area contributed by atoms with E-state index < -0.39 is 0 Å². The van der Waals surface area contributed by atoms with Crippen molar-refractivity contribution in [3.8, 4) is 0 Å². The summed E-state index contributed by atoms with van der Waals surface area (Å²) in [6.45, 7) is 5.43. The summed E-state index contributed by atoms with van der Waals surface area (Å²) in [7, 11) is 0. The summed E-state index contributed by atoms with van der Waals surface area (Å²) in [5.74, 6) is 0.440. The van der Waals surface area contributed by atoms with Gasteiger partial charge in [-0.2, -0.15) is 0 Å². The summed E-state index contributed by atoms with van der Waals surface area (Å²) in [6, 6.07) is 3.14. The maximum absolute atomic E-state index is 11.8. The van der Waals surface area contributed by atoms with Crippen molar-refractivity contribution in [2.24, 2.45) is 11.7 Å². The van der Waals surface area contributed by atoms with Crippen LogP contribution in [0.1, 0.15) is 39.5 Å². The molecule has 0 aliphatic carbocycles. The monoisotopic (exact) mass is 279 g/mol. The van der Waals surface area contributed by atoms with Gasteiger partial charge in [0.2, 0.25) is 5.91 Å². The van der Waals surface area contributed by atoms with Crippen molar-refractivity contribution in [1.29, 1.82) is 0 Å². The van der Waals surface area contributed by atoms with Crippen molar-refractivity contribution in [3.05, 3.63) is 28.7 Å². The van der Waals surface area contributed by atoms with Gasteiger partial charge in [0.1, 0.15) is 0 Å². The van der Waals surface area contributed by atoms with Crippen molar-refractivity contribution in [2.75, 3.05) is 11.9 Å². The Morgan fingerprint density at radius 1 is 1.40 bits per heavy atom. The van der Waals surface area contributed by atoms with Crippen molar-refractivity contribution in [2.45, 2.75) is 46.1 Å². The molecule has 0 spiro atoms.